The van der Waals surface area contributed by atoms with Gasteiger partial charge in [-0.05, 0) is 43.0 Å². The number of carbonyl (C=O) groups excluding carboxylic acids is 4. The van der Waals surface area contributed by atoms with E-state index in [1.165, 1.54) is 19.1 Å². The molecule has 1 heterocycles. The normalized spacial score (nSPS) is 13.0. The SMILES string of the molecule is Cc1cc(=O)oc2cc(NC(=O)[C@H](CC(=O)O)NC(=O)[C@H](C)NC(=O)[C@@H](NC(=O)OCc3ccccc3)C(C)C)ccc12. The number of carboxylic acids is 1. The Hall–Kier alpha value is -5.20. The molecule has 2 aromatic carbocycles. The molecule has 0 radical (unpaired) electrons. The smallest absolute Gasteiger partial charge is 0.408 e. The van der Waals surface area contributed by atoms with Crippen molar-refractivity contribution in [1.82, 2.24) is 16.0 Å². The average molecular weight is 595 g/mol. The monoisotopic (exact) mass is 594 g/mol. The van der Waals surface area contributed by atoms with Gasteiger partial charge < -0.3 is 35.5 Å². The van der Waals surface area contributed by atoms with Crippen LogP contribution in [0.3, 0.4) is 0 Å². The van der Waals surface area contributed by atoms with Crippen molar-refractivity contribution in [3.05, 3.63) is 76.1 Å². The number of hydrogen-bond acceptors (Lipinski definition) is 8. The van der Waals surface area contributed by atoms with Crippen molar-refractivity contribution < 1.29 is 38.2 Å². The molecule has 0 aliphatic heterocycles. The number of anilines is 1. The van der Waals surface area contributed by atoms with Gasteiger partial charge in [-0.3, -0.25) is 19.2 Å². The number of alkyl carbamates (subject to hydrolysis) is 1. The molecule has 5 N–H and O–H groups in total. The van der Waals surface area contributed by atoms with Gasteiger partial charge in [0.05, 0.1) is 6.42 Å². The second-order valence-corrected chi connectivity index (χ2v) is 10.3. The van der Waals surface area contributed by atoms with Crippen LogP contribution in [0.4, 0.5) is 10.5 Å². The van der Waals surface area contributed by atoms with E-state index in [4.69, 9.17) is 9.15 Å². The first kappa shape index (κ1) is 32.3. The molecule has 13 heteroatoms. The fourth-order valence-electron chi connectivity index (χ4n) is 4.11. The molecule has 1 aromatic heterocycles. The zero-order chi connectivity index (χ0) is 31.7. The first-order valence-corrected chi connectivity index (χ1v) is 13.5. The second kappa shape index (κ2) is 14.6. The van der Waals surface area contributed by atoms with Gasteiger partial charge in [-0.2, -0.15) is 0 Å². The van der Waals surface area contributed by atoms with Gasteiger partial charge in [0.2, 0.25) is 17.7 Å². The largest absolute Gasteiger partial charge is 0.481 e. The van der Waals surface area contributed by atoms with Gasteiger partial charge in [0.15, 0.2) is 0 Å². The lowest BCUT2D eigenvalue weighted by Gasteiger charge is -2.24. The molecule has 13 nitrogen and oxygen atoms in total. The molecule has 0 spiro atoms. The van der Waals surface area contributed by atoms with Crippen molar-refractivity contribution in [2.75, 3.05) is 5.32 Å². The van der Waals surface area contributed by atoms with E-state index in [0.717, 1.165) is 5.56 Å². The van der Waals surface area contributed by atoms with Crippen molar-refractivity contribution in [3.8, 4) is 0 Å². The van der Waals surface area contributed by atoms with Crippen LogP contribution in [0, 0.1) is 12.8 Å². The third kappa shape index (κ3) is 9.42. The van der Waals surface area contributed by atoms with Crippen LogP contribution in [0.25, 0.3) is 11.0 Å². The van der Waals surface area contributed by atoms with Gasteiger partial charge in [0, 0.05) is 23.2 Å². The lowest BCUT2D eigenvalue weighted by Crippen LogP contribution is -2.56. The Labute approximate surface area is 247 Å². The van der Waals surface area contributed by atoms with E-state index in [2.05, 4.69) is 21.3 Å². The van der Waals surface area contributed by atoms with Gasteiger partial charge >= 0.3 is 17.7 Å². The molecular formula is C30H34N4O9. The summed E-state index contributed by atoms with van der Waals surface area (Å²) in [7, 11) is 0. The van der Waals surface area contributed by atoms with Gasteiger partial charge in [0.1, 0.15) is 30.3 Å². The summed E-state index contributed by atoms with van der Waals surface area (Å²) in [5, 5.41) is 19.8. The topological polar surface area (TPSA) is 193 Å². The zero-order valence-corrected chi connectivity index (χ0v) is 24.1. The maximum atomic E-state index is 13.0. The Morgan fingerprint density at radius 1 is 0.884 bits per heavy atom. The van der Waals surface area contributed by atoms with E-state index in [0.29, 0.717) is 10.9 Å². The molecule has 3 rings (SSSR count). The minimum absolute atomic E-state index is 0.00175. The van der Waals surface area contributed by atoms with E-state index in [1.54, 1.807) is 57.2 Å². The summed E-state index contributed by atoms with van der Waals surface area (Å²) in [6.07, 6.45) is -1.57. The maximum Gasteiger partial charge on any atom is 0.408 e. The van der Waals surface area contributed by atoms with Crippen molar-refractivity contribution in [2.24, 2.45) is 5.92 Å². The van der Waals surface area contributed by atoms with Gasteiger partial charge in [-0.15, -0.1) is 0 Å². The molecular weight excluding hydrogens is 560 g/mol. The molecule has 0 aliphatic carbocycles. The highest BCUT2D eigenvalue weighted by molar-refractivity contribution is 6.01. The quantitative estimate of drug-likeness (QED) is 0.196. The van der Waals surface area contributed by atoms with Crippen molar-refractivity contribution in [2.45, 2.75) is 58.8 Å². The molecule has 0 saturated carbocycles. The predicted molar refractivity (Wildman–Crippen MR) is 156 cm³/mol. The molecule has 0 unspecified atom stereocenters. The summed E-state index contributed by atoms with van der Waals surface area (Å²) in [6, 6.07) is 11.1. The van der Waals surface area contributed by atoms with E-state index in [9.17, 15) is 33.9 Å². The minimum atomic E-state index is -1.50. The van der Waals surface area contributed by atoms with Gasteiger partial charge in [-0.25, -0.2) is 9.59 Å². The lowest BCUT2D eigenvalue weighted by atomic mass is 10.0. The maximum absolute atomic E-state index is 13.0. The number of aliphatic carboxylic acids is 1. The van der Waals surface area contributed by atoms with Gasteiger partial charge in [-0.1, -0.05) is 44.2 Å². The van der Waals surface area contributed by atoms with Crippen LogP contribution in [0.1, 0.15) is 38.3 Å². The molecule has 0 aliphatic rings. The summed E-state index contributed by atoms with van der Waals surface area (Å²) < 4.78 is 10.4. The standard InChI is InChI=1S/C30H34N4O9/c1-16(2)26(34-30(41)42-15-19-8-6-5-7-9-19)29(40)31-18(4)27(38)33-22(14-24(35)36)28(39)32-20-10-11-21-17(3)12-25(37)43-23(21)13-20/h5-13,16,18,22,26H,14-15H2,1-4H3,(H,31,40)(H,32,39)(H,33,38)(H,34,41)(H,35,36)/t18-,22-,26-/m0/s1. The van der Waals surface area contributed by atoms with Crippen LogP contribution in [-0.2, 0) is 30.5 Å². The zero-order valence-electron chi connectivity index (χ0n) is 24.1. The summed E-state index contributed by atoms with van der Waals surface area (Å²) >= 11 is 0. The van der Waals surface area contributed by atoms with Crippen molar-refractivity contribution in [1.29, 1.82) is 0 Å². The summed E-state index contributed by atoms with van der Waals surface area (Å²) in [4.78, 5) is 74.3. The highest BCUT2D eigenvalue weighted by Gasteiger charge is 2.30. The van der Waals surface area contributed by atoms with Crippen LogP contribution >= 0.6 is 0 Å². The summed E-state index contributed by atoms with van der Waals surface area (Å²) in [6.45, 7) is 6.46. The minimum Gasteiger partial charge on any atom is -0.481 e. The molecule has 0 bridgehead atoms. The Balaban J connectivity index is 1.62. The molecule has 4 amide bonds. The number of ether oxygens (including phenoxy) is 1. The van der Waals surface area contributed by atoms with Crippen molar-refractivity contribution in [3.63, 3.8) is 0 Å². The molecule has 228 valence electrons. The van der Waals surface area contributed by atoms with E-state index in [1.807, 2.05) is 6.07 Å². The van der Waals surface area contributed by atoms with E-state index in [-0.39, 0.29) is 23.8 Å². The number of nitrogens with one attached hydrogen (secondary N) is 4. The van der Waals surface area contributed by atoms with Crippen LogP contribution < -0.4 is 26.9 Å². The lowest BCUT2D eigenvalue weighted by molar-refractivity contribution is -0.140. The van der Waals surface area contributed by atoms with E-state index < -0.39 is 60.0 Å². The first-order chi connectivity index (χ1) is 20.3. The van der Waals surface area contributed by atoms with Crippen LogP contribution in [0.5, 0.6) is 0 Å². The van der Waals surface area contributed by atoms with Crippen LogP contribution in [0.2, 0.25) is 0 Å². The second-order valence-electron chi connectivity index (χ2n) is 10.3. The fraction of sp³-hybridized carbons (Fsp3) is 0.333. The Kier molecular flexibility index (Phi) is 11.0. The van der Waals surface area contributed by atoms with E-state index >= 15 is 0 Å². The first-order valence-electron chi connectivity index (χ1n) is 13.5. The highest BCUT2D eigenvalue weighted by Crippen LogP contribution is 2.21. The molecule has 3 aromatic rings. The number of benzene rings is 2. The number of amides is 4. The number of carboxylic acid groups (broad SMARTS) is 1. The number of hydrogen-bond donors (Lipinski definition) is 5. The summed E-state index contributed by atoms with van der Waals surface area (Å²) in [5.74, 6) is -4.08. The third-order valence-corrected chi connectivity index (χ3v) is 6.42. The third-order valence-electron chi connectivity index (χ3n) is 6.42. The number of rotatable bonds is 12. The molecule has 0 saturated heterocycles. The Bertz CT molecular complexity index is 1550. The number of carbonyl (C=O) groups is 5. The van der Waals surface area contributed by atoms with Crippen LogP contribution in [-0.4, -0.2) is 53.0 Å². The van der Waals surface area contributed by atoms with Gasteiger partial charge in [0.25, 0.3) is 0 Å². The van der Waals surface area contributed by atoms with Crippen molar-refractivity contribution >= 4 is 46.4 Å². The fourth-order valence-corrected chi connectivity index (χ4v) is 4.11. The molecule has 0 fully saturated rings. The summed E-state index contributed by atoms with van der Waals surface area (Å²) in [5.41, 5.74) is 1.29. The predicted octanol–water partition coefficient (Wildman–Crippen LogP) is 2.46. The molecule has 43 heavy (non-hydrogen) atoms. The average Bonchev–Trinajstić information content (AvgIpc) is 2.94. The molecule has 3 atom stereocenters. The highest BCUT2D eigenvalue weighted by atomic mass is 16.5. The van der Waals surface area contributed by atoms with Crippen LogP contribution in [0.15, 0.2) is 63.8 Å². The Morgan fingerprint density at radius 2 is 1.58 bits per heavy atom. The Morgan fingerprint density at radius 3 is 2.23 bits per heavy atom. The number of fused-ring (bicyclic) bond motifs is 1. The number of aryl methyl sites for hydroxylation is 1.